The predicted molar refractivity (Wildman–Crippen MR) is 188 cm³/mol. The standard InChI is InChI=1S/C40H51N3O6/c1-5-47-36(45)22-42-38(46)41-21-28-8-6-9-30(16-28)31-10-7-11-32(17-31)37-48-34(18-35(49-37)29-14-12-27(24-44)13-15-29)23-43-26-40(4)20-33(43)19-39(2,3)25-40/h6-17,33-35,37,44H,5,18-26H2,1-4H3,(H2,41,42,46)/t33?,34-,35+,37+,40?/m0/s1. The van der Waals surface area contributed by atoms with E-state index < -0.39 is 18.3 Å². The second-order valence-electron chi connectivity index (χ2n) is 15.2. The molecule has 1 aliphatic carbocycles. The van der Waals surface area contributed by atoms with Crippen LogP contribution in [0.2, 0.25) is 0 Å². The third kappa shape index (κ3) is 8.89. The number of amides is 2. The molecule has 2 aliphatic heterocycles. The van der Waals surface area contributed by atoms with Crippen molar-refractivity contribution in [3.63, 3.8) is 0 Å². The molecule has 3 aromatic rings. The Hall–Kier alpha value is -3.76. The van der Waals surface area contributed by atoms with Gasteiger partial charge < -0.3 is 30.0 Å². The molecule has 5 atom stereocenters. The van der Waals surface area contributed by atoms with Gasteiger partial charge in [-0.1, -0.05) is 81.4 Å². The number of urea groups is 1. The minimum absolute atomic E-state index is 0.000337. The highest BCUT2D eigenvalue weighted by atomic mass is 16.7. The number of nitrogens with one attached hydrogen (secondary N) is 2. The summed E-state index contributed by atoms with van der Waals surface area (Å²) in [6.07, 6.45) is 3.82. The smallest absolute Gasteiger partial charge is 0.325 e. The Balaban J connectivity index is 1.18. The average Bonchev–Trinajstić information content (AvgIpc) is 3.33. The van der Waals surface area contributed by atoms with E-state index in [9.17, 15) is 14.7 Å². The van der Waals surface area contributed by atoms with Gasteiger partial charge in [0.1, 0.15) is 6.54 Å². The molecule has 0 radical (unpaired) electrons. The number of hydrogen-bond donors (Lipinski definition) is 3. The number of hydrogen-bond acceptors (Lipinski definition) is 7. The number of aliphatic hydroxyl groups excluding tert-OH is 1. The Morgan fingerprint density at radius 2 is 1.67 bits per heavy atom. The van der Waals surface area contributed by atoms with Crippen molar-refractivity contribution in [3.05, 3.63) is 95.1 Å². The number of carbonyl (C=O) groups is 2. The second-order valence-corrected chi connectivity index (χ2v) is 15.2. The maximum atomic E-state index is 12.2. The van der Waals surface area contributed by atoms with Crippen molar-refractivity contribution in [1.82, 2.24) is 15.5 Å². The summed E-state index contributed by atoms with van der Waals surface area (Å²) >= 11 is 0. The van der Waals surface area contributed by atoms with Crippen LogP contribution >= 0.6 is 0 Å². The highest BCUT2D eigenvalue weighted by molar-refractivity contribution is 5.80. The van der Waals surface area contributed by atoms with Crippen molar-refractivity contribution in [2.24, 2.45) is 10.8 Å². The molecular formula is C40H51N3O6. The lowest BCUT2D eigenvalue weighted by molar-refractivity contribution is -0.253. The third-order valence-corrected chi connectivity index (χ3v) is 10.1. The van der Waals surface area contributed by atoms with Gasteiger partial charge in [-0.15, -0.1) is 0 Å². The van der Waals surface area contributed by atoms with Gasteiger partial charge in [0, 0.05) is 37.7 Å². The molecule has 3 fully saturated rings. The van der Waals surface area contributed by atoms with Crippen LogP contribution in [0.25, 0.3) is 11.1 Å². The monoisotopic (exact) mass is 669 g/mol. The molecule has 0 aromatic heterocycles. The molecular weight excluding hydrogens is 618 g/mol. The molecule has 2 heterocycles. The van der Waals surface area contributed by atoms with Crippen molar-refractivity contribution in [2.75, 3.05) is 26.2 Å². The number of likely N-dealkylation sites (tertiary alicyclic amines) is 1. The van der Waals surface area contributed by atoms with E-state index in [1.165, 1.54) is 19.3 Å². The zero-order chi connectivity index (χ0) is 34.6. The molecule has 2 amide bonds. The Morgan fingerprint density at radius 3 is 2.43 bits per heavy atom. The molecule has 9 nitrogen and oxygen atoms in total. The number of carbonyl (C=O) groups excluding carboxylic acids is 2. The fourth-order valence-corrected chi connectivity index (χ4v) is 8.42. The first kappa shape index (κ1) is 35.1. The van der Waals surface area contributed by atoms with Crippen LogP contribution in [0.3, 0.4) is 0 Å². The summed E-state index contributed by atoms with van der Waals surface area (Å²) in [5.74, 6) is -0.473. The van der Waals surface area contributed by atoms with Crippen molar-refractivity contribution in [3.8, 4) is 11.1 Å². The van der Waals surface area contributed by atoms with E-state index in [0.29, 0.717) is 23.4 Å². The van der Waals surface area contributed by atoms with Gasteiger partial charge in [0.05, 0.1) is 25.4 Å². The van der Waals surface area contributed by atoms with Gasteiger partial charge in [0.2, 0.25) is 0 Å². The van der Waals surface area contributed by atoms with Crippen LogP contribution in [0.1, 0.15) is 88.0 Å². The van der Waals surface area contributed by atoms with Crippen LogP contribution in [0, 0.1) is 10.8 Å². The first-order valence-electron chi connectivity index (χ1n) is 17.6. The second kappa shape index (κ2) is 15.0. The van der Waals surface area contributed by atoms with Crippen LogP contribution < -0.4 is 10.6 Å². The zero-order valence-electron chi connectivity index (χ0n) is 29.2. The van der Waals surface area contributed by atoms with Crippen molar-refractivity contribution < 1.29 is 28.9 Å². The van der Waals surface area contributed by atoms with E-state index in [4.69, 9.17) is 14.2 Å². The predicted octanol–water partition coefficient (Wildman–Crippen LogP) is 6.65. The topological polar surface area (TPSA) is 109 Å². The lowest BCUT2D eigenvalue weighted by atomic mass is 9.65. The molecule has 0 spiro atoms. The largest absolute Gasteiger partial charge is 0.465 e. The summed E-state index contributed by atoms with van der Waals surface area (Å²) in [5.41, 5.74) is 6.59. The molecule has 3 aromatic carbocycles. The Morgan fingerprint density at radius 1 is 0.918 bits per heavy atom. The zero-order valence-corrected chi connectivity index (χ0v) is 29.2. The fourth-order valence-electron chi connectivity index (χ4n) is 8.42. The summed E-state index contributed by atoms with van der Waals surface area (Å²) in [7, 11) is 0. The normalized spacial score (nSPS) is 26.2. The first-order valence-corrected chi connectivity index (χ1v) is 17.6. The maximum absolute atomic E-state index is 12.2. The van der Waals surface area contributed by atoms with E-state index in [0.717, 1.165) is 52.9 Å². The van der Waals surface area contributed by atoms with Gasteiger partial charge in [-0.05, 0) is 77.0 Å². The molecule has 6 rings (SSSR count). The Bertz CT molecular complexity index is 1610. The summed E-state index contributed by atoms with van der Waals surface area (Å²) in [4.78, 5) is 26.5. The molecule has 262 valence electrons. The van der Waals surface area contributed by atoms with Crippen LogP contribution in [-0.2, 0) is 32.2 Å². The minimum atomic E-state index is -0.539. The van der Waals surface area contributed by atoms with E-state index in [2.05, 4.69) is 72.7 Å². The molecule has 1 saturated carbocycles. The molecule has 2 bridgehead atoms. The number of aliphatic hydroxyl groups is 1. The first-order chi connectivity index (χ1) is 23.5. The number of ether oxygens (including phenoxy) is 3. The third-order valence-electron chi connectivity index (χ3n) is 10.1. The van der Waals surface area contributed by atoms with Gasteiger partial charge >= 0.3 is 12.0 Å². The van der Waals surface area contributed by atoms with E-state index in [-0.39, 0.29) is 32.0 Å². The Kier molecular flexibility index (Phi) is 10.7. The maximum Gasteiger partial charge on any atom is 0.325 e. The molecule has 2 unspecified atom stereocenters. The van der Waals surface area contributed by atoms with Crippen LogP contribution in [0.5, 0.6) is 0 Å². The summed E-state index contributed by atoms with van der Waals surface area (Å²) < 4.78 is 18.4. The number of benzene rings is 3. The lowest BCUT2D eigenvalue weighted by Crippen LogP contribution is -2.42. The lowest BCUT2D eigenvalue weighted by Gasteiger charge is -2.41. The highest BCUT2D eigenvalue weighted by Gasteiger charge is 2.50. The highest BCUT2D eigenvalue weighted by Crippen LogP contribution is 2.53. The van der Waals surface area contributed by atoms with Crippen LogP contribution in [0.4, 0.5) is 4.79 Å². The quantitative estimate of drug-likeness (QED) is 0.196. The molecule has 3 N–H and O–H groups in total. The van der Waals surface area contributed by atoms with Gasteiger partial charge in [-0.2, -0.15) is 0 Å². The Labute approximate surface area is 290 Å². The van der Waals surface area contributed by atoms with Gasteiger partial charge in [-0.25, -0.2) is 4.79 Å². The number of nitrogens with zero attached hydrogens (tertiary/aromatic N) is 1. The van der Waals surface area contributed by atoms with Gasteiger partial charge in [-0.3, -0.25) is 9.69 Å². The summed E-state index contributed by atoms with van der Waals surface area (Å²) in [5, 5.41) is 14.9. The van der Waals surface area contributed by atoms with Crippen LogP contribution in [0.15, 0.2) is 72.8 Å². The SMILES string of the molecule is CCOC(=O)CNC(=O)NCc1cccc(-c2cccc([C@@H]3O[C@H](CN4CC5(C)CC4CC(C)(C)C5)C[C@H](c4ccc(CO)cc4)O3)c2)c1. The molecule has 49 heavy (non-hydrogen) atoms. The minimum Gasteiger partial charge on any atom is -0.465 e. The summed E-state index contributed by atoms with van der Waals surface area (Å²) in [6.45, 7) is 11.4. The van der Waals surface area contributed by atoms with Gasteiger partial charge in [0.15, 0.2) is 6.29 Å². The molecule has 9 heteroatoms. The number of fused-ring (bicyclic) bond motifs is 2. The fraction of sp³-hybridized carbons (Fsp3) is 0.500. The summed E-state index contributed by atoms with van der Waals surface area (Å²) in [6, 6.07) is 24.5. The average molecular weight is 670 g/mol. The van der Waals surface area contributed by atoms with Gasteiger partial charge in [0.25, 0.3) is 0 Å². The number of rotatable bonds is 11. The van der Waals surface area contributed by atoms with E-state index >= 15 is 0 Å². The molecule has 2 saturated heterocycles. The van der Waals surface area contributed by atoms with Crippen molar-refractivity contribution in [2.45, 2.75) is 91.1 Å². The van der Waals surface area contributed by atoms with E-state index in [1.807, 2.05) is 36.4 Å². The molecule has 3 aliphatic rings. The van der Waals surface area contributed by atoms with E-state index in [1.54, 1.807) is 6.92 Å². The number of esters is 1. The van der Waals surface area contributed by atoms with Crippen molar-refractivity contribution in [1.29, 1.82) is 0 Å². The van der Waals surface area contributed by atoms with Crippen LogP contribution in [-0.4, -0.2) is 60.4 Å². The van der Waals surface area contributed by atoms with Crippen molar-refractivity contribution >= 4 is 12.0 Å².